The highest BCUT2D eigenvalue weighted by Crippen LogP contribution is 2.29. The number of nitrogens with one attached hydrogen (secondary N) is 2. The summed E-state index contributed by atoms with van der Waals surface area (Å²) in [6.07, 6.45) is 2.15. The van der Waals surface area contributed by atoms with Gasteiger partial charge in [-0.15, -0.1) is 0 Å². The molecule has 5 heteroatoms. The van der Waals surface area contributed by atoms with Gasteiger partial charge in [0.15, 0.2) is 11.5 Å². The summed E-state index contributed by atoms with van der Waals surface area (Å²) in [7, 11) is 1.58. The number of methoxy groups -OCH3 is 1. The second-order valence-electron chi connectivity index (χ2n) is 6.00. The van der Waals surface area contributed by atoms with E-state index in [0.29, 0.717) is 23.1 Å². The number of piperidine rings is 1. The topological polar surface area (TPSA) is 59.6 Å². The van der Waals surface area contributed by atoms with E-state index in [1.165, 1.54) is 0 Å². The molecular formula is C17H26N2O3. The third-order valence-electron chi connectivity index (χ3n) is 3.87. The van der Waals surface area contributed by atoms with Gasteiger partial charge >= 0.3 is 0 Å². The molecule has 0 aromatic heterocycles. The normalized spacial score (nSPS) is 21.5. The van der Waals surface area contributed by atoms with Gasteiger partial charge in [-0.25, -0.2) is 0 Å². The molecule has 1 aromatic carbocycles. The lowest BCUT2D eigenvalue weighted by Gasteiger charge is -2.30. The smallest absolute Gasteiger partial charge is 0.251 e. The Balaban J connectivity index is 2.09. The van der Waals surface area contributed by atoms with Crippen molar-refractivity contribution >= 4 is 5.91 Å². The summed E-state index contributed by atoms with van der Waals surface area (Å²) in [6, 6.07) is 5.75. The van der Waals surface area contributed by atoms with Crippen LogP contribution in [0, 0.1) is 0 Å². The van der Waals surface area contributed by atoms with Gasteiger partial charge in [-0.1, -0.05) is 0 Å². The average molecular weight is 306 g/mol. The van der Waals surface area contributed by atoms with Crippen LogP contribution in [0.15, 0.2) is 18.2 Å². The van der Waals surface area contributed by atoms with E-state index in [-0.39, 0.29) is 18.1 Å². The highest BCUT2D eigenvalue weighted by molar-refractivity contribution is 5.95. The summed E-state index contributed by atoms with van der Waals surface area (Å²) in [4.78, 5) is 12.4. The molecule has 0 bridgehead atoms. The van der Waals surface area contributed by atoms with Gasteiger partial charge < -0.3 is 20.1 Å². The van der Waals surface area contributed by atoms with Crippen molar-refractivity contribution in [3.63, 3.8) is 0 Å². The van der Waals surface area contributed by atoms with Crippen LogP contribution in [0.4, 0.5) is 0 Å². The quantitative estimate of drug-likeness (QED) is 0.877. The Kier molecular flexibility index (Phi) is 5.66. The fourth-order valence-corrected chi connectivity index (χ4v) is 2.65. The van der Waals surface area contributed by atoms with Crippen molar-refractivity contribution < 1.29 is 14.3 Å². The van der Waals surface area contributed by atoms with Crippen LogP contribution >= 0.6 is 0 Å². The molecule has 2 N–H and O–H groups in total. The third-order valence-corrected chi connectivity index (χ3v) is 3.87. The molecule has 22 heavy (non-hydrogen) atoms. The number of ether oxygens (including phenoxy) is 2. The van der Waals surface area contributed by atoms with Gasteiger partial charge in [0, 0.05) is 17.6 Å². The standard InChI is InChI=1S/C17H26N2O3/c1-11(2)22-15-8-7-13(10-16(15)21-4)17(20)19-14-6-5-9-18-12(14)3/h7-8,10-12,14,18H,5-6,9H2,1-4H3,(H,19,20). The van der Waals surface area contributed by atoms with Crippen LogP contribution in [0.3, 0.4) is 0 Å². The summed E-state index contributed by atoms with van der Waals surface area (Å²) >= 11 is 0. The zero-order valence-corrected chi connectivity index (χ0v) is 13.8. The van der Waals surface area contributed by atoms with Gasteiger partial charge in [-0.3, -0.25) is 4.79 Å². The van der Waals surface area contributed by atoms with E-state index in [9.17, 15) is 4.79 Å². The lowest BCUT2D eigenvalue weighted by molar-refractivity contribution is 0.0919. The van der Waals surface area contributed by atoms with Crippen molar-refractivity contribution in [2.24, 2.45) is 0 Å². The highest BCUT2D eigenvalue weighted by atomic mass is 16.5. The van der Waals surface area contributed by atoms with Gasteiger partial charge in [0.05, 0.1) is 13.2 Å². The van der Waals surface area contributed by atoms with Crippen molar-refractivity contribution in [3.8, 4) is 11.5 Å². The Morgan fingerprint density at radius 1 is 1.36 bits per heavy atom. The first-order chi connectivity index (χ1) is 10.5. The van der Waals surface area contributed by atoms with Crippen molar-refractivity contribution in [2.75, 3.05) is 13.7 Å². The molecule has 2 rings (SSSR count). The Morgan fingerprint density at radius 2 is 2.14 bits per heavy atom. The monoisotopic (exact) mass is 306 g/mol. The molecule has 0 saturated carbocycles. The first kappa shape index (κ1) is 16.6. The van der Waals surface area contributed by atoms with Crippen molar-refractivity contribution in [3.05, 3.63) is 23.8 Å². The van der Waals surface area contributed by atoms with Crippen LogP contribution in [-0.2, 0) is 0 Å². The van der Waals surface area contributed by atoms with E-state index in [1.807, 2.05) is 13.8 Å². The maximum atomic E-state index is 12.4. The minimum atomic E-state index is -0.0741. The fourth-order valence-electron chi connectivity index (χ4n) is 2.65. The van der Waals surface area contributed by atoms with E-state index in [4.69, 9.17) is 9.47 Å². The van der Waals surface area contributed by atoms with Crippen LogP contribution in [0.5, 0.6) is 11.5 Å². The molecule has 122 valence electrons. The maximum absolute atomic E-state index is 12.4. The van der Waals surface area contributed by atoms with Crippen molar-refractivity contribution in [1.29, 1.82) is 0 Å². The molecule has 1 aliphatic heterocycles. The SMILES string of the molecule is COc1cc(C(=O)NC2CCCNC2C)ccc1OC(C)C. The number of amides is 1. The zero-order valence-electron chi connectivity index (χ0n) is 13.8. The number of hydrogen-bond acceptors (Lipinski definition) is 4. The molecule has 2 unspecified atom stereocenters. The molecule has 1 aliphatic rings. The summed E-state index contributed by atoms with van der Waals surface area (Å²) in [5.41, 5.74) is 0.589. The first-order valence-corrected chi connectivity index (χ1v) is 7.90. The van der Waals surface area contributed by atoms with Gasteiger partial charge in [0.25, 0.3) is 5.91 Å². The molecule has 0 spiro atoms. The molecule has 2 atom stereocenters. The second kappa shape index (κ2) is 7.49. The number of rotatable bonds is 5. The minimum absolute atomic E-state index is 0.0581. The lowest BCUT2D eigenvalue weighted by Crippen LogP contribution is -2.51. The molecule has 5 nitrogen and oxygen atoms in total. The van der Waals surface area contributed by atoms with Crippen LogP contribution in [0.25, 0.3) is 0 Å². The van der Waals surface area contributed by atoms with E-state index in [0.717, 1.165) is 19.4 Å². The molecule has 0 radical (unpaired) electrons. The molecular weight excluding hydrogens is 280 g/mol. The van der Waals surface area contributed by atoms with Gasteiger partial charge in [-0.2, -0.15) is 0 Å². The summed E-state index contributed by atoms with van der Waals surface area (Å²) in [5, 5.41) is 6.48. The maximum Gasteiger partial charge on any atom is 0.251 e. The second-order valence-corrected chi connectivity index (χ2v) is 6.00. The van der Waals surface area contributed by atoms with Crippen LogP contribution in [0.1, 0.15) is 44.0 Å². The van der Waals surface area contributed by atoms with E-state index < -0.39 is 0 Å². The predicted molar refractivity (Wildman–Crippen MR) is 86.7 cm³/mol. The largest absolute Gasteiger partial charge is 0.493 e. The summed E-state index contributed by atoms with van der Waals surface area (Å²) in [6.45, 7) is 7.03. The van der Waals surface area contributed by atoms with Crippen LogP contribution < -0.4 is 20.1 Å². The third kappa shape index (κ3) is 4.13. The number of hydrogen-bond donors (Lipinski definition) is 2. The van der Waals surface area contributed by atoms with E-state index in [1.54, 1.807) is 25.3 Å². The molecule has 1 saturated heterocycles. The lowest BCUT2D eigenvalue weighted by atomic mass is 9.99. The van der Waals surface area contributed by atoms with E-state index >= 15 is 0 Å². The van der Waals surface area contributed by atoms with Gasteiger partial charge in [0.2, 0.25) is 0 Å². The van der Waals surface area contributed by atoms with Crippen molar-refractivity contribution in [2.45, 2.75) is 51.8 Å². The number of carbonyl (C=O) groups excluding carboxylic acids is 1. The number of carbonyl (C=O) groups is 1. The molecule has 0 aliphatic carbocycles. The average Bonchev–Trinajstić information content (AvgIpc) is 2.49. The molecule has 1 fully saturated rings. The first-order valence-electron chi connectivity index (χ1n) is 7.90. The van der Waals surface area contributed by atoms with Gasteiger partial charge in [0.1, 0.15) is 0 Å². The van der Waals surface area contributed by atoms with Crippen molar-refractivity contribution in [1.82, 2.24) is 10.6 Å². The Morgan fingerprint density at radius 3 is 2.77 bits per heavy atom. The molecule has 1 amide bonds. The Hall–Kier alpha value is -1.75. The van der Waals surface area contributed by atoms with Gasteiger partial charge in [-0.05, 0) is 58.4 Å². The molecule has 1 heterocycles. The number of benzene rings is 1. The minimum Gasteiger partial charge on any atom is -0.493 e. The Labute approximate surface area is 132 Å². The van der Waals surface area contributed by atoms with Crippen LogP contribution in [-0.4, -0.2) is 37.7 Å². The summed E-state index contributed by atoms with van der Waals surface area (Å²) in [5.74, 6) is 1.16. The Bertz CT molecular complexity index is 517. The highest BCUT2D eigenvalue weighted by Gasteiger charge is 2.23. The zero-order chi connectivity index (χ0) is 16.1. The molecule has 1 aromatic rings. The summed E-state index contributed by atoms with van der Waals surface area (Å²) < 4.78 is 11.0. The van der Waals surface area contributed by atoms with E-state index in [2.05, 4.69) is 17.6 Å². The fraction of sp³-hybridized carbons (Fsp3) is 0.588. The van der Waals surface area contributed by atoms with Crippen LogP contribution in [0.2, 0.25) is 0 Å². The predicted octanol–water partition coefficient (Wildman–Crippen LogP) is 2.35.